The second kappa shape index (κ2) is 12.3. The molecule has 6 nitrogen and oxygen atoms in total. The molecule has 6 heteroatoms. The number of ether oxygens (including phenoxy) is 1. The molecule has 2 amide bonds. The summed E-state index contributed by atoms with van der Waals surface area (Å²) in [5, 5.41) is 2.86. The van der Waals surface area contributed by atoms with Crippen molar-refractivity contribution in [1.29, 1.82) is 0 Å². The lowest BCUT2D eigenvalue weighted by molar-refractivity contribution is 0.0501. The number of rotatable bonds is 11. The van der Waals surface area contributed by atoms with Gasteiger partial charge in [0.1, 0.15) is 0 Å². The maximum atomic E-state index is 12.6. The minimum absolute atomic E-state index is 0.200. The Labute approximate surface area is 157 Å². The number of para-hydroxylation sites is 1. The van der Waals surface area contributed by atoms with E-state index < -0.39 is 5.97 Å². The van der Waals surface area contributed by atoms with Gasteiger partial charge in [-0.05, 0) is 38.6 Å². The lowest BCUT2D eigenvalue weighted by Crippen LogP contribution is -2.41. The lowest BCUT2D eigenvalue weighted by Gasteiger charge is -2.26. The summed E-state index contributed by atoms with van der Waals surface area (Å²) < 4.78 is 5.28. The van der Waals surface area contributed by atoms with Crippen LogP contribution in [0.3, 0.4) is 0 Å². The molecule has 146 valence electrons. The first-order valence-electron chi connectivity index (χ1n) is 9.61. The number of unbranched alkanes of at least 4 members (excludes halogenated alkanes) is 1. The van der Waals surface area contributed by atoms with Gasteiger partial charge in [-0.25, -0.2) is 9.59 Å². The van der Waals surface area contributed by atoms with Gasteiger partial charge in [-0.2, -0.15) is 0 Å². The first kappa shape index (κ1) is 22.0. The van der Waals surface area contributed by atoms with Crippen LogP contribution in [-0.2, 0) is 4.74 Å². The first-order chi connectivity index (χ1) is 12.6. The fourth-order valence-electron chi connectivity index (χ4n) is 2.56. The van der Waals surface area contributed by atoms with Crippen molar-refractivity contribution in [3.05, 3.63) is 29.8 Å². The number of likely N-dealkylation sites (N-methyl/N-ethyl adjacent to an activating group) is 2. The number of carbonyl (C=O) groups is 2. The van der Waals surface area contributed by atoms with Gasteiger partial charge in [-0.1, -0.05) is 39.3 Å². The van der Waals surface area contributed by atoms with Crippen LogP contribution in [0.5, 0.6) is 0 Å². The van der Waals surface area contributed by atoms with Gasteiger partial charge in [0, 0.05) is 19.6 Å². The molecule has 0 aromatic heterocycles. The zero-order chi connectivity index (χ0) is 19.4. The number of hydrogen-bond acceptors (Lipinski definition) is 4. The predicted molar refractivity (Wildman–Crippen MR) is 106 cm³/mol. The van der Waals surface area contributed by atoms with Gasteiger partial charge in [0.05, 0.1) is 17.9 Å². The number of benzene rings is 1. The van der Waals surface area contributed by atoms with E-state index in [0.29, 0.717) is 30.9 Å². The standard InChI is InChI=1S/C20H33N3O3/c1-5-9-16-26-19(24)17-12-10-11-13-18(17)21-20(25)23(8-4)15-14-22(6-2)7-3/h10-13H,5-9,14-16H2,1-4H3,(H,21,25). The highest BCUT2D eigenvalue weighted by Gasteiger charge is 2.17. The monoisotopic (exact) mass is 363 g/mol. The Morgan fingerprint density at radius 2 is 1.69 bits per heavy atom. The molecule has 0 aliphatic carbocycles. The molecule has 0 unspecified atom stereocenters. The van der Waals surface area contributed by atoms with Crippen molar-refractivity contribution >= 4 is 17.7 Å². The lowest BCUT2D eigenvalue weighted by atomic mass is 10.2. The van der Waals surface area contributed by atoms with Gasteiger partial charge in [-0.3, -0.25) is 0 Å². The molecule has 26 heavy (non-hydrogen) atoms. The number of nitrogens with zero attached hydrogens (tertiary/aromatic N) is 2. The zero-order valence-corrected chi connectivity index (χ0v) is 16.6. The molecular formula is C20H33N3O3. The summed E-state index contributed by atoms with van der Waals surface area (Å²) in [7, 11) is 0. The van der Waals surface area contributed by atoms with Crippen molar-refractivity contribution in [3.8, 4) is 0 Å². The average Bonchev–Trinajstić information content (AvgIpc) is 2.66. The Balaban J connectivity index is 2.73. The molecule has 0 heterocycles. The maximum absolute atomic E-state index is 12.6. The fourth-order valence-corrected chi connectivity index (χ4v) is 2.56. The van der Waals surface area contributed by atoms with Crippen LogP contribution in [0.2, 0.25) is 0 Å². The van der Waals surface area contributed by atoms with Crippen LogP contribution >= 0.6 is 0 Å². The summed E-state index contributed by atoms with van der Waals surface area (Å²) in [6.45, 7) is 12.6. The van der Waals surface area contributed by atoms with Crippen molar-refractivity contribution < 1.29 is 14.3 Å². The fraction of sp³-hybridized carbons (Fsp3) is 0.600. The SMILES string of the molecule is CCCCOC(=O)c1ccccc1NC(=O)N(CC)CCN(CC)CC. The normalized spacial score (nSPS) is 10.7. The largest absolute Gasteiger partial charge is 0.462 e. The van der Waals surface area contributed by atoms with Gasteiger partial charge in [0.25, 0.3) is 0 Å². The number of carbonyl (C=O) groups excluding carboxylic acids is 2. The van der Waals surface area contributed by atoms with Crippen molar-refractivity contribution in [2.45, 2.75) is 40.5 Å². The van der Waals surface area contributed by atoms with Crippen LogP contribution < -0.4 is 5.32 Å². The van der Waals surface area contributed by atoms with E-state index in [2.05, 4.69) is 24.1 Å². The molecule has 0 atom stereocenters. The van der Waals surface area contributed by atoms with E-state index in [9.17, 15) is 9.59 Å². The third kappa shape index (κ3) is 7.04. The molecule has 1 N–H and O–H groups in total. The van der Waals surface area contributed by atoms with Crippen molar-refractivity contribution in [3.63, 3.8) is 0 Å². The molecule has 0 aliphatic rings. The number of nitrogens with one attached hydrogen (secondary N) is 1. The van der Waals surface area contributed by atoms with Gasteiger partial charge in [0.2, 0.25) is 0 Å². The highest BCUT2D eigenvalue weighted by atomic mass is 16.5. The number of anilines is 1. The minimum atomic E-state index is -0.402. The van der Waals surface area contributed by atoms with Gasteiger partial charge in [0.15, 0.2) is 0 Å². The van der Waals surface area contributed by atoms with E-state index in [1.54, 1.807) is 29.2 Å². The minimum Gasteiger partial charge on any atom is -0.462 e. The summed E-state index contributed by atoms with van der Waals surface area (Å²) in [6.07, 6.45) is 1.79. The molecule has 0 saturated carbocycles. The smallest absolute Gasteiger partial charge is 0.340 e. The molecule has 0 saturated heterocycles. The van der Waals surface area contributed by atoms with Crippen LogP contribution in [0, 0.1) is 0 Å². The topological polar surface area (TPSA) is 61.9 Å². The van der Waals surface area contributed by atoms with Crippen LogP contribution in [-0.4, -0.2) is 61.1 Å². The van der Waals surface area contributed by atoms with E-state index >= 15 is 0 Å². The summed E-state index contributed by atoms with van der Waals surface area (Å²) in [4.78, 5) is 28.9. The molecule has 0 radical (unpaired) electrons. The second-order valence-corrected chi connectivity index (χ2v) is 6.07. The Bertz CT molecular complexity index is 559. The van der Waals surface area contributed by atoms with Gasteiger partial charge < -0.3 is 19.9 Å². The van der Waals surface area contributed by atoms with E-state index in [4.69, 9.17) is 4.74 Å². The summed E-state index contributed by atoms with van der Waals surface area (Å²) in [6, 6.07) is 6.77. The Hall–Kier alpha value is -2.08. The summed E-state index contributed by atoms with van der Waals surface area (Å²) >= 11 is 0. The summed E-state index contributed by atoms with van der Waals surface area (Å²) in [5.74, 6) is -0.402. The number of hydrogen-bond donors (Lipinski definition) is 1. The van der Waals surface area contributed by atoms with Gasteiger partial charge >= 0.3 is 12.0 Å². The summed E-state index contributed by atoms with van der Waals surface area (Å²) in [5.41, 5.74) is 0.872. The Morgan fingerprint density at radius 3 is 2.31 bits per heavy atom. The second-order valence-electron chi connectivity index (χ2n) is 6.07. The van der Waals surface area contributed by atoms with Gasteiger partial charge in [-0.15, -0.1) is 0 Å². The van der Waals surface area contributed by atoms with Crippen LogP contribution in [0.15, 0.2) is 24.3 Å². The van der Waals surface area contributed by atoms with Crippen LogP contribution in [0.4, 0.5) is 10.5 Å². The zero-order valence-electron chi connectivity index (χ0n) is 16.6. The van der Waals surface area contributed by atoms with Crippen LogP contribution in [0.25, 0.3) is 0 Å². The molecular weight excluding hydrogens is 330 g/mol. The number of urea groups is 1. The molecule has 0 spiro atoms. The highest BCUT2D eigenvalue weighted by molar-refractivity contribution is 6.00. The number of esters is 1. The maximum Gasteiger partial charge on any atom is 0.340 e. The molecule has 0 fully saturated rings. The number of amides is 2. The third-order valence-corrected chi connectivity index (χ3v) is 4.37. The van der Waals surface area contributed by atoms with E-state index in [1.807, 2.05) is 13.8 Å². The molecule has 1 aromatic rings. The van der Waals surface area contributed by atoms with E-state index in [0.717, 1.165) is 32.5 Å². The molecule has 1 aromatic carbocycles. The predicted octanol–water partition coefficient (Wildman–Crippen LogP) is 3.84. The Kier molecular flexibility index (Phi) is 10.4. The average molecular weight is 364 g/mol. The molecule has 0 aliphatic heterocycles. The third-order valence-electron chi connectivity index (χ3n) is 4.37. The van der Waals surface area contributed by atoms with Crippen LogP contribution in [0.1, 0.15) is 50.9 Å². The van der Waals surface area contributed by atoms with E-state index in [-0.39, 0.29) is 6.03 Å². The first-order valence-corrected chi connectivity index (χ1v) is 9.61. The quantitative estimate of drug-likeness (QED) is 0.479. The molecule has 0 bridgehead atoms. The Morgan fingerprint density at radius 1 is 1.00 bits per heavy atom. The van der Waals surface area contributed by atoms with Crippen molar-refractivity contribution in [2.24, 2.45) is 0 Å². The van der Waals surface area contributed by atoms with E-state index in [1.165, 1.54) is 0 Å². The highest BCUT2D eigenvalue weighted by Crippen LogP contribution is 2.17. The van der Waals surface area contributed by atoms with Crippen molar-refractivity contribution in [2.75, 3.05) is 44.6 Å². The molecule has 1 rings (SSSR count). The van der Waals surface area contributed by atoms with Crippen molar-refractivity contribution in [1.82, 2.24) is 9.80 Å².